The minimum absolute atomic E-state index is 0.0162. The Morgan fingerprint density at radius 1 is 1.00 bits per heavy atom. The van der Waals surface area contributed by atoms with Crippen molar-refractivity contribution in [2.75, 3.05) is 0 Å². The fraction of sp³-hybridized carbons (Fsp3) is 0.133. The van der Waals surface area contributed by atoms with Crippen LogP contribution < -0.4 is 5.56 Å². The predicted octanol–water partition coefficient (Wildman–Crippen LogP) is 2.38. The lowest BCUT2D eigenvalue weighted by Gasteiger charge is -2.11. The molecule has 0 aliphatic carbocycles. The molecule has 0 spiro atoms. The summed E-state index contributed by atoms with van der Waals surface area (Å²) in [5.41, 5.74) is 1.81. The van der Waals surface area contributed by atoms with E-state index in [0.29, 0.717) is 0 Å². The molecule has 0 amide bonds. The molecular formula is C15H11N3O. The second kappa shape index (κ2) is 3.29. The summed E-state index contributed by atoms with van der Waals surface area (Å²) < 4.78 is 1.62. The Hall–Kier alpha value is -2.49. The van der Waals surface area contributed by atoms with Gasteiger partial charge in [0.25, 0.3) is 5.56 Å². The molecule has 92 valence electrons. The van der Waals surface area contributed by atoms with Gasteiger partial charge in [-0.25, -0.2) is 9.97 Å². The molecule has 0 bridgehead atoms. The predicted molar refractivity (Wildman–Crippen MR) is 75.7 cm³/mol. The molecule has 2 aromatic carbocycles. The number of aryl methyl sites for hydroxylation is 2. The molecule has 0 N–H and O–H groups in total. The smallest absolute Gasteiger partial charge is 0.258 e. The molecule has 0 unspecified atom stereocenters. The van der Waals surface area contributed by atoms with Crippen molar-refractivity contribution in [3.8, 4) is 0 Å². The quantitative estimate of drug-likeness (QED) is 0.449. The molecule has 4 aromatic rings. The summed E-state index contributed by atoms with van der Waals surface area (Å²) in [6, 6.07) is 7.76. The van der Waals surface area contributed by atoms with Crippen molar-refractivity contribution < 1.29 is 0 Å². The Morgan fingerprint density at radius 2 is 1.68 bits per heavy atom. The van der Waals surface area contributed by atoms with Crippen LogP contribution in [0.5, 0.6) is 0 Å². The summed E-state index contributed by atoms with van der Waals surface area (Å²) in [7, 11) is 1.78. The second-order valence-corrected chi connectivity index (χ2v) is 4.87. The summed E-state index contributed by atoms with van der Waals surface area (Å²) >= 11 is 0. The van der Waals surface area contributed by atoms with Gasteiger partial charge in [-0.1, -0.05) is 6.07 Å². The molecular weight excluding hydrogens is 238 g/mol. The maximum Gasteiger partial charge on any atom is 0.258 e. The van der Waals surface area contributed by atoms with Gasteiger partial charge in [0.1, 0.15) is 5.82 Å². The van der Waals surface area contributed by atoms with Crippen LogP contribution in [0.4, 0.5) is 0 Å². The number of pyridine rings is 1. The number of hydrogen-bond acceptors (Lipinski definition) is 3. The van der Waals surface area contributed by atoms with Crippen LogP contribution in [0, 0.1) is 6.92 Å². The zero-order valence-electron chi connectivity index (χ0n) is 10.6. The highest BCUT2D eigenvalue weighted by Crippen LogP contribution is 2.30. The van der Waals surface area contributed by atoms with Crippen LogP contribution >= 0.6 is 0 Å². The van der Waals surface area contributed by atoms with Gasteiger partial charge in [-0.05, 0) is 30.5 Å². The molecule has 0 saturated carbocycles. The van der Waals surface area contributed by atoms with Crippen molar-refractivity contribution in [2.45, 2.75) is 6.92 Å². The molecule has 4 heteroatoms. The Morgan fingerprint density at radius 3 is 2.42 bits per heavy atom. The number of benzene rings is 2. The third kappa shape index (κ3) is 1.25. The van der Waals surface area contributed by atoms with Crippen LogP contribution in [0.1, 0.15) is 5.82 Å². The first kappa shape index (κ1) is 10.4. The van der Waals surface area contributed by atoms with Crippen LogP contribution in [0.3, 0.4) is 0 Å². The number of nitrogens with zero attached hydrogens (tertiary/aromatic N) is 3. The van der Waals surface area contributed by atoms with Crippen molar-refractivity contribution in [3.05, 3.63) is 46.6 Å². The lowest BCUT2D eigenvalue weighted by atomic mass is 10.0. The van der Waals surface area contributed by atoms with E-state index in [4.69, 9.17) is 0 Å². The maximum atomic E-state index is 12.2. The van der Waals surface area contributed by atoms with Crippen LogP contribution in [0.2, 0.25) is 0 Å². The van der Waals surface area contributed by atoms with Crippen molar-refractivity contribution in [1.29, 1.82) is 0 Å². The fourth-order valence-corrected chi connectivity index (χ4v) is 2.79. The molecule has 0 fully saturated rings. The van der Waals surface area contributed by atoms with Crippen molar-refractivity contribution >= 4 is 32.6 Å². The van der Waals surface area contributed by atoms with E-state index in [-0.39, 0.29) is 5.56 Å². The molecule has 4 rings (SSSR count). The maximum absolute atomic E-state index is 12.2. The second-order valence-electron chi connectivity index (χ2n) is 4.87. The normalized spacial score (nSPS) is 11.9. The molecule has 2 aromatic heterocycles. The molecule has 0 aliphatic rings. The Labute approximate surface area is 108 Å². The Balaban J connectivity index is 2.45. The number of aromatic nitrogens is 3. The SMILES string of the molecule is Cc1nc2ccc3cn(C)c(=O)c4ccc(n1)c2c34. The van der Waals surface area contributed by atoms with Crippen molar-refractivity contribution in [3.63, 3.8) is 0 Å². The van der Waals surface area contributed by atoms with E-state index >= 15 is 0 Å². The van der Waals surface area contributed by atoms with Gasteiger partial charge < -0.3 is 4.57 Å². The molecule has 0 saturated heterocycles. The third-order valence-electron chi connectivity index (χ3n) is 3.60. The first-order valence-electron chi connectivity index (χ1n) is 6.14. The van der Waals surface area contributed by atoms with E-state index < -0.39 is 0 Å². The molecule has 2 heterocycles. The first-order valence-corrected chi connectivity index (χ1v) is 6.14. The van der Waals surface area contributed by atoms with Crippen LogP contribution in [-0.2, 0) is 7.05 Å². The average Bonchev–Trinajstić information content (AvgIpc) is 2.39. The van der Waals surface area contributed by atoms with Crippen LogP contribution in [-0.4, -0.2) is 14.5 Å². The van der Waals surface area contributed by atoms with Gasteiger partial charge in [0.15, 0.2) is 0 Å². The van der Waals surface area contributed by atoms with E-state index in [2.05, 4.69) is 9.97 Å². The van der Waals surface area contributed by atoms with Gasteiger partial charge in [0.2, 0.25) is 0 Å². The zero-order chi connectivity index (χ0) is 13.1. The summed E-state index contributed by atoms with van der Waals surface area (Å²) in [6.45, 7) is 1.88. The summed E-state index contributed by atoms with van der Waals surface area (Å²) in [6.07, 6.45) is 1.86. The van der Waals surface area contributed by atoms with Gasteiger partial charge in [-0.2, -0.15) is 0 Å². The van der Waals surface area contributed by atoms with Gasteiger partial charge >= 0.3 is 0 Å². The standard InChI is InChI=1S/C15H11N3O/c1-8-16-11-5-3-9-7-18(2)15(19)10-4-6-12(17-8)14(11)13(9)10/h3-7H,1-2H3. The highest BCUT2D eigenvalue weighted by atomic mass is 16.1. The molecule has 0 atom stereocenters. The Bertz CT molecular complexity index is 982. The lowest BCUT2D eigenvalue weighted by Crippen LogP contribution is -2.16. The molecule has 4 nitrogen and oxygen atoms in total. The topological polar surface area (TPSA) is 47.8 Å². The van der Waals surface area contributed by atoms with Crippen LogP contribution in [0.25, 0.3) is 32.6 Å². The molecule has 0 radical (unpaired) electrons. The van der Waals surface area contributed by atoms with Crippen LogP contribution in [0.15, 0.2) is 35.3 Å². The van der Waals surface area contributed by atoms with E-state index in [9.17, 15) is 4.79 Å². The largest absolute Gasteiger partial charge is 0.317 e. The van der Waals surface area contributed by atoms with Gasteiger partial charge in [-0.15, -0.1) is 0 Å². The highest BCUT2D eigenvalue weighted by Gasteiger charge is 2.13. The minimum Gasteiger partial charge on any atom is -0.317 e. The highest BCUT2D eigenvalue weighted by molar-refractivity contribution is 6.20. The van der Waals surface area contributed by atoms with E-state index in [1.54, 1.807) is 11.6 Å². The number of hydrogen-bond donors (Lipinski definition) is 0. The molecule has 0 aliphatic heterocycles. The Kier molecular flexibility index (Phi) is 1.81. The van der Waals surface area contributed by atoms with Crippen molar-refractivity contribution in [1.82, 2.24) is 14.5 Å². The summed E-state index contributed by atoms with van der Waals surface area (Å²) in [5, 5.41) is 3.73. The van der Waals surface area contributed by atoms with E-state index in [1.165, 1.54) is 0 Å². The summed E-state index contributed by atoms with van der Waals surface area (Å²) in [4.78, 5) is 21.1. The number of rotatable bonds is 0. The lowest BCUT2D eigenvalue weighted by molar-refractivity contribution is 0.879. The van der Waals surface area contributed by atoms with E-state index in [1.807, 2.05) is 37.4 Å². The fourth-order valence-electron chi connectivity index (χ4n) is 2.79. The van der Waals surface area contributed by atoms with Gasteiger partial charge in [0.05, 0.1) is 11.0 Å². The van der Waals surface area contributed by atoms with Gasteiger partial charge in [-0.3, -0.25) is 4.79 Å². The monoisotopic (exact) mass is 249 g/mol. The van der Waals surface area contributed by atoms with E-state index in [0.717, 1.165) is 38.4 Å². The minimum atomic E-state index is 0.0162. The molecule has 19 heavy (non-hydrogen) atoms. The first-order chi connectivity index (χ1) is 9.15. The third-order valence-corrected chi connectivity index (χ3v) is 3.60. The zero-order valence-corrected chi connectivity index (χ0v) is 10.6. The van der Waals surface area contributed by atoms with Crippen molar-refractivity contribution in [2.24, 2.45) is 7.05 Å². The van der Waals surface area contributed by atoms with Gasteiger partial charge in [0, 0.05) is 29.4 Å². The average molecular weight is 249 g/mol. The summed E-state index contributed by atoms with van der Waals surface area (Å²) in [5.74, 6) is 0.749.